The number of hydrogen-bond acceptors (Lipinski definition) is 4. The second-order valence-corrected chi connectivity index (χ2v) is 8.04. The average Bonchev–Trinajstić information content (AvgIpc) is 2.71. The molecule has 1 atom stereocenters. The SMILES string of the molecule is CCC(=O)Oc1ccc(CO)cc1C(CCN(C(C)C)C(C)C)c1ccccc1. The lowest BCUT2D eigenvalue weighted by atomic mass is 9.86. The largest absolute Gasteiger partial charge is 0.426 e. The molecule has 0 saturated heterocycles. The van der Waals surface area contributed by atoms with Gasteiger partial charge in [0.05, 0.1) is 6.61 Å². The normalized spacial score (nSPS) is 12.6. The maximum absolute atomic E-state index is 12.0. The van der Waals surface area contributed by atoms with Gasteiger partial charge in [-0.2, -0.15) is 0 Å². The zero-order valence-corrected chi connectivity index (χ0v) is 18.4. The number of hydrogen-bond donors (Lipinski definition) is 1. The highest BCUT2D eigenvalue weighted by molar-refractivity contribution is 5.72. The molecule has 1 N–H and O–H groups in total. The van der Waals surface area contributed by atoms with Crippen molar-refractivity contribution >= 4 is 5.97 Å². The van der Waals surface area contributed by atoms with Crippen LogP contribution in [0.25, 0.3) is 0 Å². The molecule has 0 radical (unpaired) electrons. The van der Waals surface area contributed by atoms with Gasteiger partial charge in [0.2, 0.25) is 0 Å². The molecule has 4 heteroatoms. The fourth-order valence-corrected chi connectivity index (χ4v) is 3.83. The minimum Gasteiger partial charge on any atom is -0.426 e. The molecule has 4 nitrogen and oxygen atoms in total. The standard InChI is InChI=1S/C25H35NO3/c1-6-25(28)29-24-13-12-20(17-27)16-23(24)22(21-10-8-7-9-11-21)14-15-26(18(2)3)19(4)5/h7-13,16,18-19,22,27H,6,14-15,17H2,1-5H3. The summed E-state index contributed by atoms with van der Waals surface area (Å²) in [5.74, 6) is 0.409. The lowest BCUT2D eigenvalue weighted by Gasteiger charge is -2.32. The Bertz CT molecular complexity index is 763. The van der Waals surface area contributed by atoms with Crippen LogP contribution in [0.3, 0.4) is 0 Å². The van der Waals surface area contributed by atoms with E-state index in [1.165, 1.54) is 5.56 Å². The van der Waals surface area contributed by atoms with Crippen LogP contribution in [-0.2, 0) is 11.4 Å². The Morgan fingerprint density at radius 1 is 1.03 bits per heavy atom. The second-order valence-electron chi connectivity index (χ2n) is 8.04. The average molecular weight is 398 g/mol. The Morgan fingerprint density at radius 3 is 2.24 bits per heavy atom. The van der Waals surface area contributed by atoms with Crippen LogP contribution in [0.5, 0.6) is 5.75 Å². The third-order valence-corrected chi connectivity index (χ3v) is 5.35. The fraction of sp³-hybridized carbons (Fsp3) is 0.480. The molecule has 0 fully saturated rings. The Labute approximate surface area is 175 Å². The Balaban J connectivity index is 2.46. The number of aliphatic hydroxyl groups excluding tert-OH is 1. The predicted octanol–water partition coefficient (Wildman–Crippen LogP) is 5.14. The van der Waals surface area contributed by atoms with Crippen molar-refractivity contribution < 1.29 is 14.6 Å². The van der Waals surface area contributed by atoms with E-state index in [1.807, 2.05) is 36.4 Å². The van der Waals surface area contributed by atoms with Crippen LogP contribution in [0, 0.1) is 0 Å². The molecule has 0 aliphatic rings. The number of aliphatic hydroxyl groups is 1. The number of ether oxygens (including phenoxy) is 1. The van der Waals surface area contributed by atoms with Gasteiger partial charge in [-0.25, -0.2) is 0 Å². The molecule has 0 heterocycles. The van der Waals surface area contributed by atoms with E-state index in [0.29, 0.717) is 24.3 Å². The van der Waals surface area contributed by atoms with Crippen LogP contribution in [-0.4, -0.2) is 34.6 Å². The van der Waals surface area contributed by atoms with E-state index < -0.39 is 0 Å². The Morgan fingerprint density at radius 2 is 1.69 bits per heavy atom. The lowest BCUT2D eigenvalue weighted by molar-refractivity contribution is -0.134. The van der Waals surface area contributed by atoms with Gasteiger partial charge in [0, 0.05) is 30.0 Å². The summed E-state index contributed by atoms with van der Waals surface area (Å²) >= 11 is 0. The van der Waals surface area contributed by atoms with Gasteiger partial charge in [-0.05, 0) is 63.9 Å². The monoisotopic (exact) mass is 397 g/mol. The zero-order chi connectivity index (χ0) is 21.4. The number of carbonyl (C=O) groups excluding carboxylic acids is 1. The first kappa shape index (κ1) is 23.1. The van der Waals surface area contributed by atoms with Crippen LogP contribution >= 0.6 is 0 Å². The van der Waals surface area contributed by atoms with Crippen LogP contribution in [0.15, 0.2) is 48.5 Å². The van der Waals surface area contributed by atoms with Crippen molar-refractivity contribution in [3.05, 3.63) is 65.2 Å². The van der Waals surface area contributed by atoms with Crippen molar-refractivity contribution in [2.45, 2.75) is 72.1 Å². The quantitative estimate of drug-likeness (QED) is 0.446. The maximum atomic E-state index is 12.0. The molecule has 0 bridgehead atoms. The molecule has 0 saturated carbocycles. The van der Waals surface area contributed by atoms with E-state index in [-0.39, 0.29) is 18.5 Å². The summed E-state index contributed by atoms with van der Waals surface area (Å²) in [6.45, 7) is 11.6. The minimum atomic E-state index is -0.249. The number of rotatable bonds is 10. The molecule has 0 aliphatic heterocycles. The smallest absolute Gasteiger partial charge is 0.310 e. The van der Waals surface area contributed by atoms with Crippen LogP contribution in [0.4, 0.5) is 0 Å². The molecule has 0 aromatic heterocycles. The molecular weight excluding hydrogens is 362 g/mol. The topological polar surface area (TPSA) is 49.8 Å². The van der Waals surface area contributed by atoms with Crippen molar-refractivity contribution in [2.24, 2.45) is 0 Å². The highest BCUT2D eigenvalue weighted by Gasteiger charge is 2.23. The lowest BCUT2D eigenvalue weighted by Crippen LogP contribution is -2.38. The number of esters is 1. The molecule has 29 heavy (non-hydrogen) atoms. The van der Waals surface area contributed by atoms with Crippen molar-refractivity contribution in [1.29, 1.82) is 0 Å². The summed E-state index contributed by atoms with van der Waals surface area (Å²) in [6.07, 6.45) is 1.22. The van der Waals surface area contributed by atoms with E-state index >= 15 is 0 Å². The predicted molar refractivity (Wildman–Crippen MR) is 118 cm³/mol. The van der Waals surface area contributed by atoms with Gasteiger partial charge in [0.15, 0.2) is 0 Å². The molecule has 2 rings (SSSR count). The fourth-order valence-electron chi connectivity index (χ4n) is 3.83. The third-order valence-electron chi connectivity index (χ3n) is 5.35. The van der Waals surface area contributed by atoms with E-state index in [0.717, 1.165) is 24.1 Å². The van der Waals surface area contributed by atoms with Crippen LogP contribution in [0.2, 0.25) is 0 Å². The minimum absolute atomic E-state index is 0.0410. The summed E-state index contributed by atoms with van der Waals surface area (Å²) in [5.41, 5.74) is 2.96. The van der Waals surface area contributed by atoms with E-state index in [1.54, 1.807) is 6.92 Å². The first-order valence-electron chi connectivity index (χ1n) is 10.6. The van der Waals surface area contributed by atoms with Gasteiger partial charge in [-0.1, -0.05) is 43.3 Å². The molecule has 0 spiro atoms. The van der Waals surface area contributed by atoms with Crippen molar-refractivity contribution in [3.63, 3.8) is 0 Å². The van der Waals surface area contributed by atoms with Crippen molar-refractivity contribution in [2.75, 3.05) is 6.54 Å². The van der Waals surface area contributed by atoms with Crippen LogP contribution in [0.1, 0.15) is 70.1 Å². The van der Waals surface area contributed by atoms with Gasteiger partial charge < -0.3 is 9.84 Å². The third kappa shape index (κ3) is 6.41. The summed E-state index contributed by atoms with van der Waals surface area (Å²) in [4.78, 5) is 14.5. The maximum Gasteiger partial charge on any atom is 0.310 e. The highest BCUT2D eigenvalue weighted by Crippen LogP contribution is 2.36. The molecule has 1 unspecified atom stereocenters. The van der Waals surface area contributed by atoms with Crippen LogP contribution < -0.4 is 4.74 Å². The summed E-state index contributed by atoms with van der Waals surface area (Å²) < 4.78 is 5.66. The van der Waals surface area contributed by atoms with Gasteiger partial charge in [-0.3, -0.25) is 9.69 Å². The van der Waals surface area contributed by atoms with Gasteiger partial charge >= 0.3 is 5.97 Å². The Hall–Kier alpha value is -2.17. The summed E-state index contributed by atoms with van der Waals surface area (Å²) in [5, 5.41) is 9.68. The van der Waals surface area contributed by atoms with Gasteiger partial charge in [0.25, 0.3) is 0 Å². The molecular formula is C25H35NO3. The van der Waals surface area contributed by atoms with Gasteiger partial charge in [0.1, 0.15) is 5.75 Å². The highest BCUT2D eigenvalue weighted by atomic mass is 16.5. The Kier molecular flexibility index (Phi) is 8.87. The van der Waals surface area contributed by atoms with E-state index in [2.05, 4.69) is 44.7 Å². The number of benzene rings is 2. The second kappa shape index (κ2) is 11.1. The zero-order valence-electron chi connectivity index (χ0n) is 18.4. The van der Waals surface area contributed by atoms with E-state index in [4.69, 9.17) is 4.74 Å². The molecule has 0 aliphatic carbocycles. The number of carbonyl (C=O) groups is 1. The summed E-state index contributed by atoms with van der Waals surface area (Å²) in [7, 11) is 0. The van der Waals surface area contributed by atoms with Gasteiger partial charge in [-0.15, -0.1) is 0 Å². The van der Waals surface area contributed by atoms with E-state index in [9.17, 15) is 9.90 Å². The number of nitrogens with zero attached hydrogens (tertiary/aromatic N) is 1. The molecule has 2 aromatic rings. The first-order valence-corrected chi connectivity index (χ1v) is 10.6. The molecule has 0 amide bonds. The van der Waals surface area contributed by atoms with Crippen molar-refractivity contribution in [3.8, 4) is 5.75 Å². The molecule has 158 valence electrons. The first-order chi connectivity index (χ1) is 13.9. The molecule has 2 aromatic carbocycles. The van der Waals surface area contributed by atoms with Crippen molar-refractivity contribution in [1.82, 2.24) is 4.90 Å². The summed E-state index contributed by atoms with van der Waals surface area (Å²) in [6, 6.07) is 16.8.